The molecule has 0 saturated carbocycles. The number of benzene rings is 1. The molecule has 1 saturated heterocycles. The van der Waals surface area contributed by atoms with Crippen molar-refractivity contribution in [1.82, 2.24) is 35.6 Å². The van der Waals surface area contributed by atoms with E-state index in [0.29, 0.717) is 24.6 Å². The molecule has 3 aromatic rings. The molecule has 0 aliphatic carbocycles. The van der Waals surface area contributed by atoms with E-state index in [1.807, 2.05) is 31.2 Å². The van der Waals surface area contributed by atoms with Crippen molar-refractivity contribution in [2.24, 2.45) is 5.10 Å². The number of nitrogens with two attached hydrogens (primary N) is 1. The second kappa shape index (κ2) is 9.34. The van der Waals surface area contributed by atoms with Gasteiger partial charge in [-0.15, -0.1) is 5.10 Å². The predicted molar refractivity (Wildman–Crippen MR) is 111 cm³/mol. The largest absolute Gasteiger partial charge is 0.493 e. The number of nitrogens with zero attached hydrogens (tertiary/aromatic N) is 7. The second-order valence-corrected chi connectivity index (χ2v) is 6.92. The number of likely N-dealkylation sites (tertiary alicyclic amines) is 1. The van der Waals surface area contributed by atoms with Crippen molar-refractivity contribution in [3.05, 3.63) is 41.2 Å². The maximum Gasteiger partial charge on any atom is 0.292 e. The van der Waals surface area contributed by atoms with Gasteiger partial charge in [0.15, 0.2) is 5.69 Å². The molecule has 3 heterocycles. The van der Waals surface area contributed by atoms with Crippen molar-refractivity contribution >= 4 is 17.9 Å². The topological polar surface area (TPSA) is 150 Å². The minimum Gasteiger partial charge on any atom is -0.493 e. The van der Waals surface area contributed by atoms with Crippen molar-refractivity contribution < 1.29 is 14.2 Å². The molecule has 0 unspecified atom stereocenters. The zero-order chi connectivity index (χ0) is 21.6. The van der Waals surface area contributed by atoms with Gasteiger partial charge in [0.2, 0.25) is 11.6 Å². The number of carbonyl (C=O) groups is 1. The zero-order valence-corrected chi connectivity index (χ0v) is 17.1. The number of nitrogen functional groups attached to an aromatic ring is 1. The Morgan fingerprint density at radius 1 is 1.32 bits per heavy atom. The zero-order valence-electron chi connectivity index (χ0n) is 17.1. The molecule has 31 heavy (non-hydrogen) atoms. The molecular weight excluding hydrogens is 402 g/mol. The first kappa shape index (κ1) is 20.5. The van der Waals surface area contributed by atoms with E-state index in [2.05, 4.69) is 40.7 Å². The summed E-state index contributed by atoms with van der Waals surface area (Å²) in [6, 6.07) is 7.40. The predicted octanol–water partition coefficient (Wildman–Crippen LogP) is 0.991. The molecule has 0 bridgehead atoms. The van der Waals surface area contributed by atoms with Crippen molar-refractivity contribution in [3.63, 3.8) is 0 Å². The van der Waals surface area contributed by atoms with Gasteiger partial charge in [-0.25, -0.2) is 10.1 Å². The minimum absolute atomic E-state index is 0.000755. The molecule has 12 nitrogen and oxygen atoms in total. The van der Waals surface area contributed by atoms with Crippen LogP contribution in [0.2, 0.25) is 0 Å². The molecular formula is C19H23N9O3. The number of nitrogens with one attached hydrogen (secondary N) is 1. The van der Waals surface area contributed by atoms with Crippen molar-refractivity contribution in [1.29, 1.82) is 0 Å². The summed E-state index contributed by atoms with van der Waals surface area (Å²) in [6.07, 6.45) is 3.74. The highest BCUT2D eigenvalue weighted by atomic mass is 16.6. The maximum absolute atomic E-state index is 13.0. The molecule has 3 N–H and O–H groups in total. The van der Waals surface area contributed by atoms with E-state index in [-0.39, 0.29) is 17.3 Å². The Labute approximate surface area is 178 Å². The third-order valence-electron chi connectivity index (χ3n) is 4.81. The molecule has 1 fully saturated rings. The quantitative estimate of drug-likeness (QED) is 0.398. The van der Waals surface area contributed by atoms with E-state index in [0.717, 1.165) is 31.5 Å². The Bertz CT molecular complexity index is 1070. The van der Waals surface area contributed by atoms with E-state index in [4.69, 9.17) is 10.5 Å². The van der Waals surface area contributed by atoms with Gasteiger partial charge >= 0.3 is 0 Å². The van der Waals surface area contributed by atoms with Gasteiger partial charge in [-0.05, 0) is 55.3 Å². The second-order valence-electron chi connectivity index (χ2n) is 6.92. The first-order chi connectivity index (χ1) is 15.2. The molecule has 4 rings (SSSR count). The van der Waals surface area contributed by atoms with Crippen LogP contribution < -0.4 is 15.9 Å². The maximum atomic E-state index is 13.0. The van der Waals surface area contributed by atoms with Crippen LogP contribution in [0.1, 0.15) is 41.5 Å². The number of hydrazone groups is 1. The van der Waals surface area contributed by atoms with Gasteiger partial charge < -0.3 is 10.5 Å². The number of anilines is 1. The molecule has 1 aliphatic heterocycles. The average molecular weight is 425 g/mol. The highest BCUT2D eigenvalue weighted by Crippen LogP contribution is 2.19. The van der Waals surface area contributed by atoms with Gasteiger partial charge in [0.1, 0.15) is 11.4 Å². The molecule has 0 atom stereocenters. The fourth-order valence-corrected chi connectivity index (χ4v) is 3.37. The van der Waals surface area contributed by atoms with Crippen LogP contribution in [-0.4, -0.2) is 62.0 Å². The third-order valence-corrected chi connectivity index (χ3v) is 4.81. The summed E-state index contributed by atoms with van der Waals surface area (Å²) in [5.41, 5.74) is 9.72. The van der Waals surface area contributed by atoms with Crippen molar-refractivity contribution in [2.45, 2.75) is 26.3 Å². The Balaban J connectivity index is 1.58. The van der Waals surface area contributed by atoms with Crippen LogP contribution in [0.3, 0.4) is 0 Å². The molecule has 162 valence electrons. The molecule has 12 heteroatoms. The number of hydrogen-bond acceptors (Lipinski definition) is 10. The van der Waals surface area contributed by atoms with Gasteiger partial charge in [-0.2, -0.15) is 9.78 Å². The smallest absolute Gasteiger partial charge is 0.292 e. The average Bonchev–Trinajstić information content (AvgIpc) is 3.51. The lowest BCUT2D eigenvalue weighted by Gasteiger charge is -2.13. The monoisotopic (exact) mass is 425 g/mol. The number of carbonyl (C=O) groups excluding carboxylic acids is 1. The number of hydrogen-bond donors (Lipinski definition) is 2. The number of aromatic nitrogens is 5. The fourth-order valence-electron chi connectivity index (χ4n) is 3.37. The normalized spacial score (nSPS) is 14.4. The van der Waals surface area contributed by atoms with Gasteiger partial charge in [-0.3, -0.25) is 9.69 Å². The number of amides is 1. The molecule has 1 amide bonds. The van der Waals surface area contributed by atoms with E-state index in [1.165, 1.54) is 10.9 Å². The van der Waals surface area contributed by atoms with Crippen LogP contribution in [0.5, 0.6) is 5.75 Å². The highest BCUT2D eigenvalue weighted by molar-refractivity contribution is 5.95. The lowest BCUT2D eigenvalue weighted by atomic mass is 10.2. The van der Waals surface area contributed by atoms with Gasteiger partial charge in [0.25, 0.3) is 5.91 Å². The van der Waals surface area contributed by atoms with E-state index >= 15 is 0 Å². The van der Waals surface area contributed by atoms with Crippen molar-refractivity contribution in [2.75, 3.05) is 25.4 Å². The lowest BCUT2D eigenvalue weighted by molar-refractivity contribution is 0.0945. The summed E-state index contributed by atoms with van der Waals surface area (Å²) in [5.74, 6) is 0.259. The Morgan fingerprint density at radius 2 is 2.13 bits per heavy atom. The summed E-state index contributed by atoms with van der Waals surface area (Å²) in [4.78, 5) is 15.2. The highest BCUT2D eigenvalue weighted by Gasteiger charge is 2.26. The van der Waals surface area contributed by atoms with E-state index in [9.17, 15) is 4.79 Å². The summed E-state index contributed by atoms with van der Waals surface area (Å²) in [5, 5.41) is 19.6. The third kappa shape index (κ3) is 4.53. The van der Waals surface area contributed by atoms with Gasteiger partial charge in [-0.1, -0.05) is 17.3 Å². The minimum atomic E-state index is -0.508. The molecule has 2 aromatic heterocycles. The first-order valence-corrected chi connectivity index (χ1v) is 9.98. The summed E-state index contributed by atoms with van der Waals surface area (Å²) in [6.45, 7) is 4.78. The van der Waals surface area contributed by atoms with E-state index < -0.39 is 5.91 Å². The molecule has 0 radical (unpaired) electrons. The van der Waals surface area contributed by atoms with Crippen LogP contribution in [-0.2, 0) is 6.54 Å². The Hall–Kier alpha value is -3.80. The van der Waals surface area contributed by atoms with E-state index in [1.54, 1.807) is 0 Å². The van der Waals surface area contributed by atoms with Gasteiger partial charge in [0, 0.05) is 12.1 Å². The summed E-state index contributed by atoms with van der Waals surface area (Å²) >= 11 is 0. The van der Waals surface area contributed by atoms with Crippen LogP contribution in [0, 0.1) is 0 Å². The summed E-state index contributed by atoms with van der Waals surface area (Å²) < 4.78 is 11.4. The standard InChI is InChI=1S/C19H23N9O3/c1-2-30-15-8-4-3-7-13(15)11-21-23-19(29)16-14(12-27-9-5-6-10-27)22-26-28(16)18-17(20)24-31-25-18/h3-4,7-8,11H,2,5-6,9-10,12H2,1H3,(H2,20,24)(H,23,29)/b21-11+. The van der Waals surface area contributed by atoms with Crippen LogP contribution in [0.25, 0.3) is 5.82 Å². The number of rotatable bonds is 8. The fraction of sp³-hybridized carbons (Fsp3) is 0.368. The SMILES string of the molecule is CCOc1ccccc1/C=N/NC(=O)c1c(CN2CCCC2)nnn1-c1nonc1N. The van der Waals surface area contributed by atoms with Gasteiger partial charge in [0.05, 0.1) is 12.8 Å². The van der Waals surface area contributed by atoms with Crippen LogP contribution in [0.4, 0.5) is 5.82 Å². The van der Waals surface area contributed by atoms with Crippen LogP contribution in [0.15, 0.2) is 34.0 Å². The first-order valence-electron chi connectivity index (χ1n) is 9.98. The molecule has 0 spiro atoms. The Morgan fingerprint density at radius 3 is 2.87 bits per heavy atom. The van der Waals surface area contributed by atoms with Crippen LogP contribution >= 0.6 is 0 Å². The van der Waals surface area contributed by atoms with Crippen molar-refractivity contribution in [3.8, 4) is 11.6 Å². The lowest BCUT2D eigenvalue weighted by Crippen LogP contribution is -2.26. The number of ether oxygens (including phenoxy) is 1. The number of para-hydroxylation sites is 1. The molecule has 1 aromatic carbocycles. The Kier molecular flexibility index (Phi) is 6.17. The molecule has 1 aliphatic rings. The summed E-state index contributed by atoms with van der Waals surface area (Å²) in [7, 11) is 0.